The zero-order valence-electron chi connectivity index (χ0n) is 26.9. The number of amides is 2. The number of alkyl carbamates (subject to hydrolysis) is 1. The summed E-state index contributed by atoms with van der Waals surface area (Å²) < 4.78 is 38.2. The lowest BCUT2D eigenvalue weighted by Crippen LogP contribution is -2.55. The Balaban J connectivity index is 1.92. The van der Waals surface area contributed by atoms with Crippen molar-refractivity contribution in [2.75, 3.05) is 25.5 Å². The fourth-order valence-corrected chi connectivity index (χ4v) is 7.78. The molecule has 3 rings (SSSR count). The van der Waals surface area contributed by atoms with E-state index in [9.17, 15) is 23.1 Å². The van der Waals surface area contributed by atoms with Gasteiger partial charge >= 0.3 is 6.09 Å². The van der Waals surface area contributed by atoms with Crippen LogP contribution in [0.25, 0.3) is 0 Å². The Morgan fingerprint density at radius 2 is 1.71 bits per heavy atom. The number of aryl methyl sites for hydroxylation is 1. The molecule has 4 atom stereocenters. The quantitative estimate of drug-likeness (QED) is 0.222. The standard InChI is InChI=1S/C34H51N3O7S/c1-4-11-29(12-5-2)45(41,42)24-31(36-34(40)44-28-17-18-43-23-28)33(39)37(21-27-16-10-15-25(6-3)19-27)22-32(38)30(35)20-26-13-8-7-9-14-26/h7-10,13-16,19,28-32,38H,4-6,11-12,17-18,20-24,35H2,1-3H3,(H,36,40)/t28-,30-,31?,32+/m0/s1. The Morgan fingerprint density at radius 3 is 2.33 bits per heavy atom. The summed E-state index contributed by atoms with van der Waals surface area (Å²) in [5.41, 5.74) is 9.24. The number of carbonyl (C=O) groups excluding carboxylic acids is 2. The van der Waals surface area contributed by atoms with Crippen LogP contribution in [0.4, 0.5) is 4.79 Å². The first-order valence-corrected chi connectivity index (χ1v) is 17.9. The van der Waals surface area contributed by atoms with E-state index in [2.05, 4.69) is 5.32 Å². The number of aliphatic hydroxyl groups is 1. The smallest absolute Gasteiger partial charge is 0.408 e. The Morgan fingerprint density at radius 1 is 1.04 bits per heavy atom. The van der Waals surface area contributed by atoms with Crippen molar-refractivity contribution in [3.8, 4) is 0 Å². The minimum absolute atomic E-state index is 0.0961. The van der Waals surface area contributed by atoms with Crippen molar-refractivity contribution in [3.63, 3.8) is 0 Å². The third-order valence-corrected chi connectivity index (χ3v) is 10.5. The average Bonchev–Trinajstić information content (AvgIpc) is 3.53. The molecule has 1 aliphatic heterocycles. The van der Waals surface area contributed by atoms with Crippen molar-refractivity contribution in [3.05, 3.63) is 71.3 Å². The number of nitrogens with one attached hydrogen (secondary N) is 1. The maximum Gasteiger partial charge on any atom is 0.408 e. The minimum Gasteiger partial charge on any atom is -0.444 e. The lowest BCUT2D eigenvalue weighted by Gasteiger charge is -2.32. The third kappa shape index (κ3) is 11.7. The third-order valence-electron chi connectivity index (χ3n) is 8.18. The number of benzene rings is 2. The summed E-state index contributed by atoms with van der Waals surface area (Å²) in [6, 6.07) is 15.1. The van der Waals surface area contributed by atoms with Crippen LogP contribution in [0.15, 0.2) is 54.6 Å². The molecule has 2 aromatic rings. The lowest BCUT2D eigenvalue weighted by molar-refractivity contribution is -0.135. The second-order valence-electron chi connectivity index (χ2n) is 11.9. The van der Waals surface area contributed by atoms with Gasteiger partial charge in [-0.1, -0.05) is 88.2 Å². The van der Waals surface area contributed by atoms with Crippen LogP contribution in [0.2, 0.25) is 0 Å². The van der Waals surface area contributed by atoms with Gasteiger partial charge in [-0.2, -0.15) is 0 Å². The van der Waals surface area contributed by atoms with Gasteiger partial charge in [0.1, 0.15) is 12.1 Å². The zero-order valence-corrected chi connectivity index (χ0v) is 27.7. The molecule has 1 heterocycles. The van der Waals surface area contributed by atoms with E-state index in [1.54, 1.807) is 0 Å². The van der Waals surface area contributed by atoms with Crippen LogP contribution < -0.4 is 11.1 Å². The number of hydrogen-bond acceptors (Lipinski definition) is 8. The normalized spacial score (nSPS) is 17.1. The molecule has 0 saturated carbocycles. The molecule has 1 saturated heterocycles. The zero-order chi connectivity index (χ0) is 32.8. The van der Waals surface area contributed by atoms with E-state index < -0.39 is 57.1 Å². The highest BCUT2D eigenvalue weighted by molar-refractivity contribution is 7.92. The molecule has 0 aliphatic carbocycles. The molecule has 0 bridgehead atoms. The number of hydrogen-bond donors (Lipinski definition) is 3. The molecule has 45 heavy (non-hydrogen) atoms. The monoisotopic (exact) mass is 645 g/mol. The number of sulfone groups is 1. The van der Waals surface area contributed by atoms with Gasteiger partial charge in [0.2, 0.25) is 5.91 Å². The Bertz CT molecular complexity index is 1300. The molecule has 4 N–H and O–H groups in total. The van der Waals surface area contributed by atoms with Crippen molar-refractivity contribution in [1.29, 1.82) is 0 Å². The van der Waals surface area contributed by atoms with Crippen LogP contribution in [0, 0.1) is 0 Å². The van der Waals surface area contributed by atoms with E-state index in [4.69, 9.17) is 15.2 Å². The molecule has 10 nitrogen and oxygen atoms in total. The van der Waals surface area contributed by atoms with Gasteiger partial charge in [0.25, 0.3) is 0 Å². The molecule has 1 unspecified atom stereocenters. The maximum absolute atomic E-state index is 14.3. The maximum atomic E-state index is 14.3. The predicted molar refractivity (Wildman–Crippen MR) is 175 cm³/mol. The predicted octanol–water partition coefficient (Wildman–Crippen LogP) is 3.78. The average molecular weight is 646 g/mol. The molecule has 2 aromatic carbocycles. The first kappa shape index (κ1) is 36.5. The van der Waals surface area contributed by atoms with E-state index >= 15 is 0 Å². The number of ether oxygens (including phenoxy) is 2. The number of aliphatic hydroxyl groups excluding tert-OH is 1. The van der Waals surface area contributed by atoms with Gasteiger partial charge in [0.05, 0.1) is 30.3 Å². The number of rotatable bonds is 18. The molecule has 1 fully saturated rings. The van der Waals surface area contributed by atoms with Crippen molar-refractivity contribution in [2.45, 2.75) is 102 Å². The highest BCUT2D eigenvalue weighted by Gasteiger charge is 2.36. The van der Waals surface area contributed by atoms with E-state index in [1.807, 2.05) is 75.4 Å². The van der Waals surface area contributed by atoms with Crippen LogP contribution in [0.5, 0.6) is 0 Å². The number of nitrogens with zero attached hydrogens (tertiary/aromatic N) is 1. The van der Waals surface area contributed by atoms with Crippen LogP contribution in [0.3, 0.4) is 0 Å². The van der Waals surface area contributed by atoms with Crippen molar-refractivity contribution >= 4 is 21.8 Å². The number of nitrogens with two attached hydrogens (primary N) is 1. The largest absolute Gasteiger partial charge is 0.444 e. The summed E-state index contributed by atoms with van der Waals surface area (Å²) in [4.78, 5) is 28.7. The molecule has 250 valence electrons. The topological polar surface area (TPSA) is 148 Å². The van der Waals surface area contributed by atoms with Crippen LogP contribution in [-0.2, 0) is 43.5 Å². The van der Waals surface area contributed by atoms with E-state index in [-0.39, 0.29) is 19.7 Å². The highest BCUT2D eigenvalue weighted by atomic mass is 32.2. The van der Waals surface area contributed by atoms with Crippen molar-refractivity contribution < 1.29 is 32.6 Å². The van der Waals surface area contributed by atoms with Crippen LogP contribution >= 0.6 is 0 Å². The second kappa shape index (κ2) is 18.2. The Hall–Kier alpha value is -2.99. The van der Waals surface area contributed by atoms with E-state index in [1.165, 1.54) is 4.90 Å². The summed E-state index contributed by atoms with van der Waals surface area (Å²) in [6.45, 7) is 6.52. The Kier molecular flexibility index (Phi) is 14.8. The molecular formula is C34H51N3O7S. The Labute approximate surface area is 268 Å². The van der Waals surface area contributed by atoms with Gasteiger partial charge in [-0.3, -0.25) is 4.79 Å². The molecule has 11 heteroatoms. The van der Waals surface area contributed by atoms with Crippen LogP contribution in [-0.4, -0.2) is 85.5 Å². The molecular weight excluding hydrogens is 594 g/mol. The molecule has 0 spiro atoms. The fraction of sp³-hybridized carbons (Fsp3) is 0.588. The fourth-order valence-electron chi connectivity index (χ4n) is 5.63. The van der Waals surface area contributed by atoms with Crippen LogP contribution in [0.1, 0.15) is 69.6 Å². The second-order valence-corrected chi connectivity index (χ2v) is 14.3. The summed E-state index contributed by atoms with van der Waals surface area (Å²) in [5.74, 6) is -1.21. The van der Waals surface area contributed by atoms with Gasteiger partial charge in [-0.05, 0) is 42.4 Å². The van der Waals surface area contributed by atoms with E-state index in [0.29, 0.717) is 45.1 Å². The van der Waals surface area contributed by atoms with Gasteiger partial charge < -0.3 is 30.5 Å². The molecule has 0 aromatic heterocycles. The van der Waals surface area contributed by atoms with Crippen molar-refractivity contribution in [2.24, 2.45) is 5.73 Å². The highest BCUT2D eigenvalue weighted by Crippen LogP contribution is 2.19. The summed E-state index contributed by atoms with van der Waals surface area (Å²) in [7, 11) is -3.80. The first-order chi connectivity index (χ1) is 21.6. The van der Waals surface area contributed by atoms with Crippen molar-refractivity contribution in [1.82, 2.24) is 10.2 Å². The molecule has 2 amide bonds. The van der Waals surface area contributed by atoms with Gasteiger partial charge in [0.15, 0.2) is 9.84 Å². The molecule has 0 radical (unpaired) electrons. The summed E-state index contributed by atoms with van der Waals surface area (Å²) >= 11 is 0. The lowest BCUT2D eigenvalue weighted by atomic mass is 10.0. The van der Waals surface area contributed by atoms with Gasteiger partial charge in [0, 0.05) is 25.6 Å². The van der Waals surface area contributed by atoms with E-state index in [0.717, 1.165) is 23.1 Å². The van der Waals surface area contributed by atoms with Gasteiger partial charge in [-0.15, -0.1) is 0 Å². The number of carbonyl (C=O) groups is 2. The minimum atomic E-state index is -3.80. The summed E-state index contributed by atoms with van der Waals surface area (Å²) in [6.07, 6.45) is 1.49. The SMILES string of the molecule is CCCC(CCC)S(=O)(=O)CC(NC(=O)O[C@H]1CCOC1)C(=O)N(Cc1cccc(CC)c1)C[C@@H](O)[C@@H](N)Cc1ccccc1. The van der Waals surface area contributed by atoms with Gasteiger partial charge in [-0.25, -0.2) is 13.2 Å². The first-order valence-electron chi connectivity index (χ1n) is 16.2. The summed E-state index contributed by atoms with van der Waals surface area (Å²) in [5, 5.41) is 13.2. The molecule has 1 aliphatic rings.